The molecule has 1 aromatic heterocycles. The highest BCUT2D eigenvalue weighted by atomic mass is 32.2. The molecule has 0 fully saturated rings. The van der Waals surface area contributed by atoms with Crippen molar-refractivity contribution in [1.82, 2.24) is 25.4 Å². The second kappa shape index (κ2) is 10.3. The molecule has 2 heterocycles. The topological polar surface area (TPSA) is 88.9 Å². The maximum Gasteiger partial charge on any atom is 0.251 e. The van der Waals surface area contributed by atoms with Gasteiger partial charge in [-0.3, -0.25) is 9.59 Å². The lowest BCUT2D eigenvalue weighted by Gasteiger charge is -2.18. The van der Waals surface area contributed by atoms with E-state index in [1.165, 1.54) is 6.42 Å². The molecule has 2 aromatic rings. The van der Waals surface area contributed by atoms with Crippen LogP contribution in [0.3, 0.4) is 0 Å². The summed E-state index contributed by atoms with van der Waals surface area (Å²) in [6.45, 7) is 1.22. The second-order valence-corrected chi connectivity index (χ2v) is 7.87. The minimum atomic E-state index is -0.577. The van der Waals surface area contributed by atoms with Crippen molar-refractivity contribution >= 4 is 23.6 Å². The Morgan fingerprint density at radius 3 is 2.79 bits per heavy atom. The summed E-state index contributed by atoms with van der Waals surface area (Å²) in [4.78, 5) is 25.2. The van der Waals surface area contributed by atoms with E-state index >= 15 is 0 Å². The van der Waals surface area contributed by atoms with Crippen molar-refractivity contribution in [3.8, 4) is 0 Å². The van der Waals surface area contributed by atoms with E-state index in [-0.39, 0.29) is 11.8 Å². The number of aryl methyl sites for hydroxylation is 1. The van der Waals surface area contributed by atoms with Crippen molar-refractivity contribution in [2.24, 2.45) is 0 Å². The number of carbonyl (C=O) groups is 2. The van der Waals surface area contributed by atoms with E-state index < -0.39 is 6.04 Å². The highest BCUT2D eigenvalue weighted by molar-refractivity contribution is 7.98. The van der Waals surface area contributed by atoms with Crippen LogP contribution < -0.4 is 10.6 Å². The predicted octanol–water partition coefficient (Wildman–Crippen LogP) is 2.17. The molecule has 2 N–H and O–H groups in total. The van der Waals surface area contributed by atoms with E-state index in [9.17, 15) is 9.59 Å². The van der Waals surface area contributed by atoms with E-state index in [1.807, 2.05) is 24.5 Å². The Morgan fingerprint density at radius 2 is 2.00 bits per heavy atom. The predicted molar refractivity (Wildman–Crippen MR) is 110 cm³/mol. The van der Waals surface area contributed by atoms with Crippen LogP contribution in [0.15, 0.2) is 30.3 Å². The number of benzene rings is 1. The molecular formula is C20H27N5O2S. The van der Waals surface area contributed by atoms with Crippen LogP contribution in [-0.2, 0) is 24.3 Å². The van der Waals surface area contributed by atoms with Gasteiger partial charge in [0.1, 0.15) is 11.9 Å². The molecular weight excluding hydrogens is 374 g/mol. The maximum absolute atomic E-state index is 12.8. The first-order valence-corrected chi connectivity index (χ1v) is 11.1. The number of amides is 2. The van der Waals surface area contributed by atoms with Crippen molar-refractivity contribution in [3.63, 3.8) is 0 Å². The van der Waals surface area contributed by atoms with Crippen LogP contribution in [0.25, 0.3) is 0 Å². The molecule has 1 aliphatic rings. The zero-order chi connectivity index (χ0) is 19.8. The van der Waals surface area contributed by atoms with Crippen LogP contribution in [0.1, 0.15) is 47.7 Å². The average molecular weight is 402 g/mol. The summed E-state index contributed by atoms with van der Waals surface area (Å²) in [6, 6.07) is 8.38. The Hall–Kier alpha value is -2.35. The lowest BCUT2D eigenvalue weighted by atomic mass is 10.1. The fraction of sp³-hybridized carbons (Fsp3) is 0.500. The molecule has 1 atom stereocenters. The first-order valence-electron chi connectivity index (χ1n) is 9.72. The zero-order valence-corrected chi connectivity index (χ0v) is 17.0. The lowest BCUT2D eigenvalue weighted by molar-refractivity contribution is -0.123. The number of fused-ring (bicyclic) bond motifs is 1. The van der Waals surface area contributed by atoms with E-state index in [2.05, 4.69) is 25.4 Å². The van der Waals surface area contributed by atoms with Crippen LogP contribution in [0.2, 0.25) is 0 Å². The van der Waals surface area contributed by atoms with Gasteiger partial charge >= 0.3 is 0 Å². The number of hydrogen-bond acceptors (Lipinski definition) is 5. The van der Waals surface area contributed by atoms with Crippen molar-refractivity contribution in [2.45, 2.75) is 51.2 Å². The first-order chi connectivity index (χ1) is 13.7. The van der Waals surface area contributed by atoms with Gasteiger partial charge in [-0.2, -0.15) is 11.8 Å². The molecule has 0 bridgehead atoms. The summed E-state index contributed by atoms with van der Waals surface area (Å²) >= 11 is 1.65. The quantitative estimate of drug-likeness (QED) is 0.708. The SMILES string of the molecule is CSCCC(NC(=O)c1ccccc1)C(=O)NCc1nnc2n1CCCCC2. The van der Waals surface area contributed by atoms with E-state index in [0.717, 1.165) is 43.2 Å². The van der Waals surface area contributed by atoms with E-state index in [0.29, 0.717) is 18.5 Å². The van der Waals surface area contributed by atoms with Crippen molar-refractivity contribution in [3.05, 3.63) is 47.5 Å². The Morgan fingerprint density at radius 1 is 1.18 bits per heavy atom. The Balaban J connectivity index is 1.61. The summed E-state index contributed by atoms with van der Waals surface area (Å²) in [5.74, 6) is 2.14. The van der Waals surface area contributed by atoms with Gasteiger partial charge in [-0.1, -0.05) is 24.6 Å². The fourth-order valence-electron chi connectivity index (χ4n) is 3.30. The van der Waals surface area contributed by atoms with Crippen LogP contribution in [0.5, 0.6) is 0 Å². The van der Waals surface area contributed by atoms with Crippen LogP contribution in [-0.4, -0.2) is 44.6 Å². The zero-order valence-electron chi connectivity index (χ0n) is 16.2. The van der Waals surface area contributed by atoms with Gasteiger partial charge in [-0.15, -0.1) is 10.2 Å². The molecule has 0 saturated carbocycles. The summed E-state index contributed by atoms with van der Waals surface area (Å²) < 4.78 is 2.12. The summed E-state index contributed by atoms with van der Waals surface area (Å²) in [7, 11) is 0. The van der Waals surface area contributed by atoms with Gasteiger partial charge in [0.25, 0.3) is 5.91 Å². The molecule has 150 valence electrons. The molecule has 8 heteroatoms. The van der Waals surface area contributed by atoms with Crippen LogP contribution in [0.4, 0.5) is 0 Å². The minimum Gasteiger partial charge on any atom is -0.347 e. The number of rotatable bonds is 8. The maximum atomic E-state index is 12.8. The first kappa shape index (κ1) is 20.4. The molecule has 0 spiro atoms. The van der Waals surface area contributed by atoms with Crippen molar-refractivity contribution < 1.29 is 9.59 Å². The van der Waals surface area contributed by atoms with Crippen molar-refractivity contribution in [2.75, 3.05) is 12.0 Å². The molecule has 1 aromatic carbocycles. The largest absolute Gasteiger partial charge is 0.347 e. The fourth-order valence-corrected chi connectivity index (χ4v) is 3.77. The van der Waals surface area contributed by atoms with Gasteiger partial charge in [0.2, 0.25) is 5.91 Å². The molecule has 28 heavy (non-hydrogen) atoms. The third-order valence-corrected chi connectivity index (χ3v) is 5.52. The van der Waals surface area contributed by atoms with Crippen LogP contribution in [0, 0.1) is 0 Å². The molecule has 0 radical (unpaired) electrons. The second-order valence-electron chi connectivity index (χ2n) is 6.89. The van der Waals surface area contributed by atoms with Gasteiger partial charge in [0.15, 0.2) is 5.82 Å². The number of hydrogen-bond donors (Lipinski definition) is 2. The molecule has 0 aliphatic carbocycles. The number of carbonyl (C=O) groups excluding carboxylic acids is 2. The summed E-state index contributed by atoms with van der Waals surface area (Å²) in [5.41, 5.74) is 0.548. The number of thioether (sulfide) groups is 1. The normalized spacial score (nSPS) is 14.6. The van der Waals surface area contributed by atoms with Gasteiger partial charge in [-0.05, 0) is 43.4 Å². The van der Waals surface area contributed by atoms with Gasteiger partial charge in [-0.25, -0.2) is 0 Å². The number of aromatic nitrogens is 3. The Kier molecular flexibility index (Phi) is 7.47. The van der Waals surface area contributed by atoms with Gasteiger partial charge < -0.3 is 15.2 Å². The molecule has 0 saturated heterocycles. The average Bonchev–Trinajstić information content (AvgIpc) is 2.95. The molecule has 2 amide bonds. The highest BCUT2D eigenvalue weighted by Gasteiger charge is 2.22. The molecule has 3 rings (SSSR count). The summed E-state index contributed by atoms with van der Waals surface area (Å²) in [5, 5.41) is 14.3. The molecule has 7 nitrogen and oxygen atoms in total. The third-order valence-electron chi connectivity index (χ3n) is 4.88. The standard InChI is InChI=1S/C20H27N5O2S/c1-28-13-11-16(22-19(26)15-8-4-2-5-9-15)20(27)21-14-18-24-23-17-10-6-3-7-12-25(17)18/h2,4-5,8-9,16H,3,6-7,10-14H2,1H3,(H,21,27)(H,22,26). The Bertz CT molecular complexity index is 793. The van der Waals surface area contributed by atoms with Crippen LogP contribution >= 0.6 is 11.8 Å². The highest BCUT2D eigenvalue weighted by Crippen LogP contribution is 2.14. The number of nitrogens with one attached hydrogen (secondary N) is 2. The van der Waals surface area contributed by atoms with Gasteiger partial charge in [0, 0.05) is 18.5 Å². The lowest BCUT2D eigenvalue weighted by Crippen LogP contribution is -2.47. The molecule has 1 unspecified atom stereocenters. The minimum absolute atomic E-state index is 0.190. The smallest absolute Gasteiger partial charge is 0.251 e. The van der Waals surface area contributed by atoms with Gasteiger partial charge in [0.05, 0.1) is 6.54 Å². The monoisotopic (exact) mass is 401 g/mol. The third kappa shape index (κ3) is 5.34. The molecule has 1 aliphatic heterocycles. The number of nitrogens with zero attached hydrogens (tertiary/aromatic N) is 3. The summed E-state index contributed by atoms with van der Waals surface area (Å²) in [6.07, 6.45) is 6.92. The van der Waals surface area contributed by atoms with Crippen molar-refractivity contribution in [1.29, 1.82) is 0 Å². The Labute approximate surface area is 169 Å². The van der Waals surface area contributed by atoms with E-state index in [1.54, 1.807) is 23.9 Å². The van der Waals surface area contributed by atoms with E-state index in [4.69, 9.17) is 0 Å².